The monoisotopic (exact) mass is 527 g/mol. The largest absolute Gasteiger partial charge is 0.325 e. The van der Waals surface area contributed by atoms with E-state index >= 15 is 0 Å². The van der Waals surface area contributed by atoms with Crippen LogP contribution in [-0.2, 0) is 18.3 Å². The molecule has 1 N–H and O–H groups in total. The van der Waals surface area contributed by atoms with Crippen LogP contribution in [0.5, 0.6) is 0 Å². The lowest BCUT2D eigenvalue weighted by Crippen LogP contribution is -2.29. The van der Waals surface area contributed by atoms with Gasteiger partial charge >= 0.3 is 0 Å². The molecule has 0 fully saturated rings. The highest BCUT2D eigenvalue weighted by atomic mass is 79.9. The molecule has 1 unspecified atom stereocenters. The number of amides is 1. The summed E-state index contributed by atoms with van der Waals surface area (Å²) in [5, 5.41) is 3.25. The van der Waals surface area contributed by atoms with E-state index in [0.717, 1.165) is 27.7 Å². The Morgan fingerprint density at radius 1 is 1.12 bits per heavy atom. The van der Waals surface area contributed by atoms with Crippen molar-refractivity contribution in [2.75, 3.05) is 5.32 Å². The van der Waals surface area contributed by atoms with Crippen LogP contribution in [0.15, 0.2) is 56.9 Å². The first kappa shape index (κ1) is 25.2. The van der Waals surface area contributed by atoms with Crippen molar-refractivity contribution in [1.82, 2.24) is 9.55 Å². The molecule has 0 saturated heterocycles. The fourth-order valence-electron chi connectivity index (χ4n) is 3.52. The standard InChI is InChI=1S/C26H30BrN3O2S/c1-6-7-23(24(31)29-21-13-8-16(2)17(3)14-21)33-26-28-18(4)22(25(32)30(26)5)15-19-9-11-20(27)12-10-19/h8-14,23H,6-7,15H2,1-5H3,(H,29,31). The number of aryl methyl sites for hydroxylation is 3. The second-order valence-electron chi connectivity index (χ2n) is 8.31. The van der Waals surface area contributed by atoms with Gasteiger partial charge in [-0.15, -0.1) is 0 Å². The van der Waals surface area contributed by atoms with Crippen molar-refractivity contribution in [3.05, 3.63) is 85.2 Å². The summed E-state index contributed by atoms with van der Waals surface area (Å²) in [7, 11) is 1.73. The summed E-state index contributed by atoms with van der Waals surface area (Å²) in [6, 6.07) is 13.8. The highest BCUT2D eigenvalue weighted by Gasteiger charge is 2.23. The SMILES string of the molecule is CCCC(Sc1nc(C)c(Cc2ccc(Br)cc2)c(=O)n1C)C(=O)Nc1ccc(C)c(C)c1. The maximum atomic E-state index is 13.2. The molecule has 1 heterocycles. The van der Waals surface area contributed by atoms with E-state index in [0.29, 0.717) is 29.3 Å². The Kier molecular flexibility index (Phi) is 8.54. The van der Waals surface area contributed by atoms with E-state index in [1.807, 2.05) is 63.2 Å². The molecule has 0 radical (unpaired) electrons. The summed E-state index contributed by atoms with van der Waals surface area (Å²) in [4.78, 5) is 30.9. The van der Waals surface area contributed by atoms with Gasteiger partial charge in [-0.1, -0.05) is 59.2 Å². The van der Waals surface area contributed by atoms with Crippen molar-refractivity contribution >= 4 is 39.3 Å². The van der Waals surface area contributed by atoms with Gasteiger partial charge in [0.1, 0.15) is 0 Å². The van der Waals surface area contributed by atoms with Crippen LogP contribution >= 0.6 is 27.7 Å². The van der Waals surface area contributed by atoms with E-state index in [-0.39, 0.29) is 16.7 Å². The van der Waals surface area contributed by atoms with E-state index in [4.69, 9.17) is 4.98 Å². The lowest BCUT2D eigenvalue weighted by Gasteiger charge is -2.18. The minimum atomic E-state index is -0.341. The van der Waals surface area contributed by atoms with Crippen molar-refractivity contribution in [2.45, 2.75) is 57.4 Å². The predicted molar refractivity (Wildman–Crippen MR) is 140 cm³/mol. The lowest BCUT2D eigenvalue weighted by molar-refractivity contribution is -0.115. The van der Waals surface area contributed by atoms with Crippen molar-refractivity contribution in [3.63, 3.8) is 0 Å². The summed E-state index contributed by atoms with van der Waals surface area (Å²) >= 11 is 4.80. The van der Waals surface area contributed by atoms with Gasteiger partial charge in [0.25, 0.3) is 5.56 Å². The molecule has 5 nitrogen and oxygen atoms in total. The van der Waals surface area contributed by atoms with Crippen LogP contribution in [-0.4, -0.2) is 20.7 Å². The normalized spacial score (nSPS) is 11.9. The Hall–Kier alpha value is -2.38. The zero-order valence-electron chi connectivity index (χ0n) is 19.7. The maximum absolute atomic E-state index is 13.2. The van der Waals surface area contributed by atoms with E-state index in [9.17, 15) is 9.59 Å². The Balaban J connectivity index is 1.82. The zero-order chi connectivity index (χ0) is 24.1. The van der Waals surface area contributed by atoms with Crippen LogP contribution in [0.2, 0.25) is 0 Å². The Bertz CT molecular complexity index is 1210. The average Bonchev–Trinajstić information content (AvgIpc) is 2.78. The minimum Gasteiger partial charge on any atom is -0.325 e. The smallest absolute Gasteiger partial charge is 0.257 e. The third-order valence-electron chi connectivity index (χ3n) is 5.71. The summed E-state index contributed by atoms with van der Waals surface area (Å²) in [5.74, 6) is -0.0732. The number of halogens is 1. The first-order valence-electron chi connectivity index (χ1n) is 11.0. The summed E-state index contributed by atoms with van der Waals surface area (Å²) in [5.41, 5.74) is 5.46. The molecule has 2 aromatic carbocycles. The number of carbonyl (C=O) groups is 1. The lowest BCUT2D eigenvalue weighted by atomic mass is 10.1. The third-order valence-corrected chi connectivity index (χ3v) is 7.55. The molecular formula is C26H30BrN3O2S. The van der Waals surface area contributed by atoms with Crippen LogP contribution in [0.3, 0.4) is 0 Å². The van der Waals surface area contributed by atoms with Gasteiger partial charge < -0.3 is 5.32 Å². The van der Waals surface area contributed by atoms with E-state index < -0.39 is 0 Å². The number of nitrogens with zero attached hydrogens (tertiary/aromatic N) is 2. The first-order chi connectivity index (χ1) is 15.7. The summed E-state index contributed by atoms with van der Waals surface area (Å²) in [6.45, 7) is 7.99. The highest BCUT2D eigenvalue weighted by Crippen LogP contribution is 2.26. The average molecular weight is 529 g/mol. The minimum absolute atomic E-state index is 0.0715. The molecule has 3 aromatic rings. The third kappa shape index (κ3) is 6.36. The molecule has 0 aliphatic rings. The number of nitrogens with one attached hydrogen (secondary N) is 1. The molecule has 1 aromatic heterocycles. The Labute approximate surface area is 208 Å². The van der Waals surface area contributed by atoms with Crippen LogP contribution in [0.1, 0.15) is 47.7 Å². The van der Waals surface area contributed by atoms with Crippen LogP contribution < -0.4 is 10.9 Å². The van der Waals surface area contributed by atoms with Gasteiger partial charge in [-0.25, -0.2) is 4.98 Å². The van der Waals surface area contributed by atoms with Crippen molar-refractivity contribution in [3.8, 4) is 0 Å². The second kappa shape index (κ2) is 11.2. The van der Waals surface area contributed by atoms with E-state index in [2.05, 4.69) is 28.2 Å². The molecule has 33 heavy (non-hydrogen) atoms. The molecule has 7 heteroatoms. The van der Waals surface area contributed by atoms with Gasteiger partial charge in [0, 0.05) is 34.9 Å². The maximum Gasteiger partial charge on any atom is 0.257 e. The van der Waals surface area contributed by atoms with Crippen LogP contribution in [0.4, 0.5) is 5.69 Å². The topological polar surface area (TPSA) is 64.0 Å². The van der Waals surface area contributed by atoms with E-state index in [1.54, 1.807) is 11.6 Å². The second-order valence-corrected chi connectivity index (χ2v) is 10.4. The molecule has 0 bridgehead atoms. The van der Waals surface area contributed by atoms with Gasteiger partial charge in [-0.2, -0.15) is 0 Å². The zero-order valence-corrected chi connectivity index (χ0v) is 22.1. The quantitative estimate of drug-likeness (QED) is 0.290. The molecule has 174 valence electrons. The van der Waals surface area contributed by atoms with Crippen molar-refractivity contribution in [2.24, 2.45) is 7.05 Å². The van der Waals surface area contributed by atoms with Crippen LogP contribution in [0, 0.1) is 20.8 Å². The van der Waals surface area contributed by atoms with Crippen molar-refractivity contribution in [1.29, 1.82) is 0 Å². The number of rotatable bonds is 8. The summed E-state index contributed by atoms with van der Waals surface area (Å²) in [6.07, 6.45) is 2.07. The van der Waals surface area contributed by atoms with Crippen LogP contribution in [0.25, 0.3) is 0 Å². The molecule has 0 saturated carbocycles. The number of hydrogen-bond donors (Lipinski definition) is 1. The molecule has 1 amide bonds. The number of carbonyl (C=O) groups excluding carboxylic acids is 1. The first-order valence-corrected chi connectivity index (χ1v) is 12.7. The molecule has 0 aliphatic carbocycles. The predicted octanol–water partition coefficient (Wildman–Crippen LogP) is 5.96. The van der Waals surface area contributed by atoms with Gasteiger partial charge in [-0.05, 0) is 68.1 Å². The molecular weight excluding hydrogens is 498 g/mol. The number of benzene rings is 2. The highest BCUT2D eigenvalue weighted by molar-refractivity contribution is 9.10. The Morgan fingerprint density at radius 3 is 2.45 bits per heavy atom. The Morgan fingerprint density at radius 2 is 1.82 bits per heavy atom. The number of thioether (sulfide) groups is 1. The van der Waals surface area contributed by atoms with E-state index in [1.165, 1.54) is 17.3 Å². The van der Waals surface area contributed by atoms with Gasteiger partial charge in [0.05, 0.1) is 5.25 Å². The molecule has 1 atom stereocenters. The molecule has 0 aliphatic heterocycles. The number of aromatic nitrogens is 2. The fraction of sp³-hybridized carbons (Fsp3) is 0.346. The number of anilines is 1. The summed E-state index contributed by atoms with van der Waals surface area (Å²) < 4.78 is 2.57. The molecule has 0 spiro atoms. The molecule has 3 rings (SSSR count). The number of hydrogen-bond acceptors (Lipinski definition) is 4. The fourth-order valence-corrected chi connectivity index (χ4v) is 4.99. The van der Waals surface area contributed by atoms with Gasteiger partial charge in [0.15, 0.2) is 5.16 Å². The van der Waals surface area contributed by atoms with Crippen molar-refractivity contribution < 1.29 is 4.79 Å². The van der Waals surface area contributed by atoms with Gasteiger partial charge in [-0.3, -0.25) is 14.2 Å². The van der Waals surface area contributed by atoms with Gasteiger partial charge in [0.2, 0.25) is 5.91 Å².